The van der Waals surface area contributed by atoms with Crippen molar-refractivity contribution in [2.45, 2.75) is 38.5 Å². The molecule has 0 aliphatic rings. The van der Waals surface area contributed by atoms with Gasteiger partial charge >= 0.3 is 0 Å². The van der Waals surface area contributed by atoms with E-state index in [1.54, 1.807) is 31.2 Å². The van der Waals surface area contributed by atoms with Crippen LogP contribution in [-0.4, -0.2) is 5.75 Å². The fraction of sp³-hybridized carbons (Fsp3) is 0.300. The van der Waals surface area contributed by atoms with Gasteiger partial charge in [-0.2, -0.15) is 10.5 Å². The Kier molecular flexibility index (Phi) is 6.60. The topological polar surface area (TPSA) is 56.8 Å². The molecule has 0 unspecified atom stereocenters. The predicted octanol–water partition coefficient (Wildman–Crippen LogP) is 6.01. The van der Waals surface area contributed by atoms with E-state index in [0.717, 1.165) is 35.7 Å². The molecule has 0 fully saturated rings. The van der Waals surface area contributed by atoms with Crippen molar-refractivity contribution in [3.8, 4) is 23.6 Å². The highest BCUT2D eigenvalue weighted by molar-refractivity contribution is 7.99. The summed E-state index contributed by atoms with van der Waals surface area (Å²) in [6, 6.07) is 8.50. The summed E-state index contributed by atoms with van der Waals surface area (Å²) < 4.78 is 35.4. The van der Waals surface area contributed by atoms with Crippen LogP contribution in [0.25, 0.3) is 0 Å². The molecule has 0 heterocycles. The summed E-state index contributed by atoms with van der Waals surface area (Å²) in [6.07, 6.45) is 1.70. The fourth-order valence-electron chi connectivity index (χ4n) is 2.42. The van der Waals surface area contributed by atoms with Crippen LogP contribution >= 0.6 is 11.8 Å². The highest BCUT2D eigenvalue weighted by atomic mass is 32.2. The first-order chi connectivity index (χ1) is 12.4. The normalized spacial score (nSPS) is 10.3. The highest BCUT2D eigenvalue weighted by Crippen LogP contribution is 2.41. The summed E-state index contributed by atoms with van der Waals surface area (Å²) in [6.45, 7) is 5.71. The SMILES string of the molecule is CCCCSc1c(F)c(C#N)c(C#N)c(F)c1Oc1ccc(C)cc1C. The first kappa shape index (κ1) is 19.8. The quantitative estimate of drug-likeness (QED) is 0.460. The summed E-state index contributed by atoms with van der Waals surface area (Å²) in [4.78, 5) is -0.0773. The Bertz CT molecular complexity index is 914. The maximum Gasteiger partial charge on any atom is 0.186 e. The number of aryl methyl sites for hydroxylation is 2. The number of nitrogens with zero attached hydrogens (tertiary/aromatic N) is 2. The van der Waals surface area contributed by atoms with Crippen LogP contribution in [0.4, 0.5) is 8.78 Å². The van der Waals surface area contributed by atoms with Crippen molar-refractivity contribution in [1.29, 1.82) is 10.5 Å². The maximum absolute atomic E-state index is 14.9. The first-order valence-electron chi connectivity index (χ1n) is 8.17. The zero-order chi connectivity index (χ0) is 19.3. The second-order valence-electron chi connectivity index (χ2n) is 5.83. The maximum atomic E-state index is 14.9. The van der Waals surface area contributed by atoms with Crippen molar-refractivity contribution in [3.05, 3.63) is 52.1 Å². The molecule has 26 heavy (non-hydrogen) atoms. The molecule has 0 aliphatic heterocycles. The molecule has 0 aliphatic carbocycles. The third-order valence-corrected chi connectivity index (χ3v) is 4.95. The van der Waals surface area contributed by atoms with E-state index in [9.17, 15) is 14.0 Å². The number of thioether (sulfide) groups is 1. The number of hydrogen-bond donors (Lipinski definition) is 0. The fourth-order valence-corrected chi connectivity index (χ4v) is 3.55. The lowest BCUT2D eigenvalue weighted by Gasteiger charge is -2.16. The summed E-state index contributed by atoms with van der Waals surface area (Å²) in [5, 5.41) is 18.3. The minimum atomic E-state index is -1.01. The Morgan fingerprint density at radius 3 is 2.31 bits per heavy atom. The molecular formula is C20H18F2N2OS. The molecule has 3 nitrogen and oxygen atoms in total. The van der Waals surface area contributed by atoms with E-state index < -0.39 is 22.8 Å². The molecule has 0 saturated carbocycles. The third kappa shape index (κ3) is 3.98. The molecule has 0 aromatic heterocycles. The average Bonchev–Trinajstić information content (AvgIpc) is 2.61. The summed E-state index contributed by atoms with van der Waals surface area (Å²) in [5.74, 6) is -1.34. The van der Waals surface area contributed by atoms with E-state index >= 15 is 0 Å². The van der Waals surface area contributed by atoms with Crippen LogP contribution in [0.15, 0.2) is 23.1 Å². The van der Waals surface area contributed by atoms with Gasteiger partial charge in [0.2, 0.25) is 0 Å². The molecule has 2 aromatic rings. The molecular weight excluding hydrogens is 354 g/mol. The molecule has 0 spiro atoms. The van der Waals surface area contributed by atoms with E-state index in [-0.39, 0.29) is 10.6 Å². The van der Waals surface area contributed by atoms with Crippen LogP contribution in [-0.2, 0) is 0 Å². The molecule has 6 heteroatoms. The molecule has 134 valence electrons. The number of rotatable bonds is 6. The summed E-state index contributed by atoms with van der Waals surface area (Å²) in [7, 11) is 0. The lowest BCUT2D eigenvalue weighted by atomic mass is 10.1. The number of halogens is 2. The van der Waals surface area contributed by atoms with E-state index in [2.05, 4.69) is 0 Å². The molecule has 0 saturated heterocycles. The minimum Gasteiger partial charge on any atom is -0.453 e. The van der Waals surface area contributed by atoms with Gasteiger partial charge in [-0.25, -0.2) is 8.78 Å². The Hall–Kier alpha value is -2.57. The monoisotopic (exact) mass is 372 g/mol. The van der Waals surface area contributed by atoms with Crippen LogP contribution in [0.1, 0.15) is 42.0 Å². The van der Waals surface area contributed by atoms with Gasteiger partial charge in [0.25, 0.3) is 0 Å². The van der Waals surface area contributed by atoms with E-state index in [4.69, 9.17) is 10.00 Å². The third-order valence-electron chi connectivity index (χ3n) is 3.80. The lowest BCUT2D eigenvalue weighted by Crippen LogP contribution is -2.03. The lowest BCUT2D eigenvalue weighted by molar-refractivity contribution is 0.415. The first-order valence-corrected chi connectivity index (χ1v) is 9.16. The Morgan fingerprint density at radius 2 is 1.73 bits per heavy atom. The van der Waals surface area contributed by atoms with Crippen molar-refractivity contribution in [2.75, 3.05) is 5.75 Å². The summed E-state index contributed by atoms with van der Waals surface area (Å²) >= 11 is 1.09. The van der Waals surface area contributed by atoms with Crippen molar-refractivity contribution in [1.82, 2.24) is 0 Å². The molecule has 0 N–H and O–H groups in total. The standard InChI is InChI=1S/C20H18F2N2OS/c1-4-5-8-26-20-18(22)15(11-24)14(10-23)17(21)19(20)25-16-7-6-12(2)9-13(16)3/h6-7,9H,4-5,8H2,1-3H3. The van der Waals surface area contributed by atoms with Crippen LogP contribution in [0, 0.1) is 48.1 Å². The van der Waals surface area contributed by atoms with E-state index in [1.807, 2.05) is 19.9 Å². The van der Waals surface area contributed by atoms with Gasteiger partial charge < -0.3 is 4.74 Å². The number of ether oxygens (including phenoxy) is 1. The van der Waals surface area contributed by atoms with E-state index in [1.165, 1.54) is 0 Å². The number of nitriles is 2. The molecule has 2 aromatic carbocycles. The Labute approximate surface area is 156 Å². The van der Waals surface area contributed by atoms with Gasteiger partial charge in [0.1, 0.15) is 29.0 Å². The van der Waals surface area contributed by atoms with Gasteiger partial charge in [-0.05, 0) is 37.7 Å². The number of benzene rings is 2. The van der Waals surface area contributed by atoms with Gasteiger partial charge in [0, 0.05) is 0 Å². The second kappa shape index (κ2) is 8.69. The molecule has 2 rings (SSSR count). The van der Waals surface area contributed by atoms with Crippen molar-refractivity contribution >= 4 is 11.8 Å². The molecule has 0 atom stereocenters. The van der Waals surface area contributed by atoms with Gasteiger partial charge in [-0.1, -0.05) is 31.0 Å². The average molecular weight is 372 g/mol. The number of unbranched alkanes of at least 4 members (excludes halogenated alkanes) is 1. The predicted molar refractivity (Wildman–Crippen MR) is 97.4 cm³/mol. The van der Waals surface area contributed by atoms with Crippen LogP contribution < -0.4 is 4.74 Å². The van der Waals surface area contributed by atoms with Gasteiger partial charge in [-0.3, -0.25) is 0 Å². The number of hydrogen-bond acceptors (Lipinski definition) is 4. The molecule has 0 bridgehead atoms. The van der Waals surface area contributed by atoms with Crippen LogP contribution in [0.3, 0.4) is 0 Å². The van der Waals surface area contributed by atoms with Gasteiger partial charge in [0.15, 0.2) is 17.4 Å². The molecule has 0 radical (unpaired) electrons. The van der Waals surface area contributed by atoms with Crippen molar-refractivity contribution in [3.63, 3.8) is 0 Å². The second-order valence-corrected chi connectivity index (χ2v) is 6.94. The molecule has 0 amide bonds. The zero-order valence-electron chi connectivity index (χ0n) is 14.8. The van der Waals surface area contributed by atoms with Gasteiger partial charge in [-0.15, -0.1) is 11.8 Å². The van der Waals surface area contributed by atoms with Crippen molar-refractivity contribution in [2.24, 2.45) is 0 Å². The Balaban J connectivity index is 2.63. The highest BCUT2D eigenvalue weighted by Gasteiger charge is 2.27. The Morgan fingerprint density at radius 1 is 1.08 bits per heavy atom. The zero-order valence-corrected chi connectivity index (χ0v) is 15.6. The van der Waals surface area contributed by atoms with Gasteiger partial charge in [0.05, 0.1) is 4.90 Å². The van der Waals surface area contributed by atoms with E-state index in [0.29, 0.717) is 11.5 Å². The smallest absolute Gasteiger partial charge is 0.186 e. The van der Waals surface area contributed by atoms with Crippen LogP contribution in [0.5, 0.6) is 11.5 Å². The summed E-state index contributed by atoms with van der Waals surface area (Å²) in [5.41, 5.74) is 0.551. The van der Waals surface area contributed by atoms with Crippen LogP contribution in [0.2, 0.25) is 0 Å². The van der Waals surface area contributed by atoms with Crippen molar-refractivity contribution < 1.29 is 13.5 Å². The minimum absolute atomic E-state index is 0.0773. The largest absolute Gasteiger partial charge is 0.453 e.